The van der Waals surface area contributed by atoms with E-state index in [0.29, 0.717) is 6.04 Å². The van der Waals surface area contributed by atoms with E-state index in [-0.39, 0.29) is 0 Å². The summed E-state index contributed by atoms with van der Waals surface area (Å²) in [5.74, 6) is 0. The largest absolute Gasteiger partial charge is 0.308 e. The van der Waals surface area contributed by atoms with E-state index >= 15 is 0 Å². The van der Waals surface area contributed by atoms with Crippen LogP contribution in [0.5, 0.6) is 0 Å². The zero-order chi connectivity index (χ0) is 12.1. The van der Waals surface area contributed by atoms with E-state index in [0.717, 1.165) is 25.1 Å². The number of rotatable bonds is 6. The Hall–Kier alpha value is -1.09. The first kappa shape index (κ1) is 13.0. The van der Waals surface area contributed by atoms with Gasteiger partial charge >= 0.3 is 0 Å². The van der Waals surface area contributed by atoms with Crippen LogP contribution in [0.25, 0.3) is 0 Å². The van der Waals surface area contributed by atoms with Crippen LogP contribution in [0.1, 0.15) is 44.1 Å². The molecule has 1 N–H and O–H groups in total. The van der Waals surface area contributed by atoms with Gasteiger partial charge in [0.15, 0.2) is 0 Å². The molecule has 0 aliphatic heterocycles. The molecule has 0 saturated heterocycles. The zero-order valence-corrected chi connectivity index (χ0v) is 10.9. The zero-order valence-electron chi connectivity index (χ0n) is 10.9. The van der Waals surface area contributed by atoms with Gasteiger partial charge in [0.05, 0.1) is 17.4 Å². The van der Waals surface area contributed by atoms with Crippen molar-refractivity contribution in [1.82, 2.24) is 15.1 Å². The molecule has 1 heterocycles. The number of nitrogens with one attached hydrogen (secondary N) is 1. The molecule has 0 spiro atoms. The van der Waals surface area contributed by atoms with Crippen molar-refractivity contribution in [1.29, 1.82) is 0 Å². The van der Waals surface area contributed by atoms with Gasteiger partial charge in [-0.3, -0.25) is 4.68 Å². The quantitative estimate of drug-likeness (QED) is 0.749. The van der Waals surface area contributed by atoms with Gasteiger partial charge in [-0.1, -0.05) is 12.5 Å². The van der Waals surface area contributed by atoms with Gasteiger partial charge in [0.25, 0.3) is 0 Å². The Bertz CT molecular complexity index is 352. The molecule has 0 radical (unpaired) electrons. The van der Waals surface area contributed by atoms with E-state index in [4.69, 9.17) is 0 Å². The van der Waals surface area contributed by atoms with Crippen molar-refractivity contribution in [3.8, 4) is 0 Å². The van der Waals surface area contributed by atoms with Gasteiger partial charge in [-0.25, -0.2) is 0 Å². The van der Waals surface area contributed by atoms with E-state index < -0.39 is 0 Å². The molecular weight excluding hydrogens is 198 g/mol. The fourth-order valence-corrected chi connectivity index (χ4v) is 1.91. The SMILES string of the molecule is C=C(C)CC(NCCC)c1cc(C)nn1C. The number of nitrogens with zero attached hydrogens (tertiary/aromatic N) is 2. The highest BCUT2D eigenvalue weighted by Gasteiger charge is 2.15. The summed E-state index contributed by atoms with van der Waals surface area (Å²) >= 11 is 0. The maximum absolute atomic E-state index is 4.39. The molecule has 1 aromatic rings. The van der Waals surface area contributed by atoms with Crippen LogP contribution >= 0.6 is 0 Å². The standard InChI is InChI=1S/C13H23N3/c1-6-7-14-12(8-10(2)3)13-9-11(4)15-16(13)5/h9,12,14H,2,6-8H2,1,3-5H3. The van der Waals surface area contributed by atoms with Crippen molar-refractivity contribution in [3.05, 3.63) is 29.6 Å². The van der Waals surface area contributed by atoms with Crippen molar-refractivity contribution in [2.24, 2.45) is 7.05 Å². The predicted octanol–water partition coefficient (Wildman–Crippen LogP) is 2.74. The Labute approximate surface area is 98.5 Å². The lowest BCUT2D eigenvalue weighted by Gasteiger charge is -2.18. The van der Waals surface area contributed by atoms with E-state index in [1.807, 2.05) is 18.7 Å². The van der Waals surface area contributed by atoms with Crippen LogP contribution in [0, 0.1) is 6.92 Å². The lowest BCUT2D eigenvalue weighted by Crippen LogP contribution is -2.24. The van der Waals surface area contributed by atoms with E-state index in [1.165, 1.54) is 11.3 Å². The Morgan fingerprint density at radius 1 is 1.62 bits per heavy atom. The summed E-state index contributed by atoms with van der Waals surface area (Å²) in [7, 11) is 2.00. The van der Waals surface area contributed by atoms with Crippen LogP contribution in [0.15, 0.2) is 18.2 Å². The lowest BCUT2D eigenvalue weighted by atomic mass is 10.1. The first-order valence-corrected chi connectivity index (χ1v) is 5.93. The van der Waals surface area contributed by atoms with Gasteiger partial charge in [-0.05, 0) is 39.3 Å². The topological polar surface area (TPSA) is 29.9 Å². The summed E-state index contributed by atoms with van der Waals surface area (Å²) in [5.41, 5.74) is 3.52. The molecule has 0 aliphatic rings. The molecular formula is C13H23N3. The first-order valence-electron chi connectivity index (χ1n) is 5.93. The highest BCUT2D eigenvalue weighted by Crippen LogP contribution is 2.20. The molecule has 3 nitrogen and oxygen atoms in total. The Kier molecular flexibility index (Phi) is 4.74. The molecule has 0 fully saturated rings. The molecule has 1 unspecified atom stereocenters. The average molecular weight is 221 g/mol. The molecule has 0 bridgehead atoms. The molecule has 0 aliphatic carbocycles. The highest BCUT2D eigenvalue weighted by atomic mass is 15.3. The summed E-state index contributed by atoms with van der Waals surface area (Å²) in [6, 6.07) is 2.49. The molecule has 1 rings (SSSR count). The van der Waals surface area contributed by atoms with Crippen molar-refractivity contribution < 1.29 is 0 Å². The highest BCUT2D eigenvalue weighted by molar-refractivity contribution is 5.15. The average Bonchev–Trinajstić information content (AvgIpc) is 2.52. The smallest absolute Gasteiger partial charge is 0.0597 e. The molecule has 0 saturated carbocycles. The van der Waals surface area contributed by atoms with Crippen LogP contribution in [0.2, 0.25) is 0 Å². The third-order valence-electron chi connectivity index (χ3n) is 2.59. The summed E-state index contributed by atoms with van der Waals surface area (Å²) in [5, 5.41) is 7.94. The van der Waals surface area contributed by atoms with Crippen molar-refractivity contribution >= 4 is 0 Å². The number of aromatic nitrogens is 2. The van der Waals surface area contributed by atoms with Gasteiger partial charge in [0.1, 0.15) is 0 Å². The summed E-state index contributed by atoms with van der Waals surface area (Å²) in [6.07, 6.45) is 2.11. The van der Waals surface area contributed by atoms with Crippen molar-refractivity contribution in [2.45, 2.75) is 39.7 Å². The van der Waals surface area contributed by atoms with Gasteiger partial charge in [-0.2, -0.15) is 5.10 Å². The van der Waals surface area contributed by atoms with Crippen LogP contribution in [-0.4, -0.2) is 16.3 Å². The van der Waals surface area contributed by atoms with Crippen LogP contribution < -0.4 is 5.32 Å². The molecule has 16 heavy (non-hydrogen) atoms. The van der Waals surface area contributed by atoms with E-state index in [1.54, 1.807) is 0 Å². The summed E-state index contributed by atoms with van der Waals surface area (Å²) in [4.78, 5) is 0. The maximum atomic E-state index is 4.39. The monoisotopic (exact) mass is 221 g/mol. The van der Waals surface area contributed by atoms with Crippen LogP contribution in [0.4, 0.5) is 0 Å². The molecule has 1 atom stereocenters. The van der Waals surface area contributed by atoms with E-state index in [9.17, 15) is 0 Å². The second-order valence-corrected chi connectivity index (χ2v) is 4.50. The third-order valence-corrected chi connectivity index (χ3v) is 2.59. The number of aryl methyl sites for hydroxylation is 2. The Morgan fingerprint density at radius 3 is 2.75 bits per heavy atom. The second-order valence-electron chi connectivity index (χ2n) is 4.50. The minimum atomic E-state index is 0.337. The number of hydrogen-bond donors (Lipinski definition) is 1. The molecule has 1 aromatic heterocycles. The fraction of sp³-hybridized carbons (Fsp3) is 0.615. The van der Waals surface area contributed by atoms with E-state index in [2.05, 4.69) is 36.9 Å². The number of hydrogen-bond acceptors (Lipinski definition) is 2. The first-order chi connectivity index (χ1) is 7.54. The van der Waals surface area contributed by atoms with Crippen LogP contribution in [0.3, 0.4) is 0 Å². The lowest BCUT2D eigenvalue weighted by molar-refractivity contribution is 0.492. The van der Waals surface area contributed by atoms with Gasteiger partial charge < -0.3 is 5.32 Å². The minimum absolute atomic E-state index is 0.337. The minimum Gasteiger partial charge on any atom is -0.308 e. The van der Waals surface area contributed by atoms with Gasteiger partial charge in [-0.15, -0.1) is 6.58 Å². The molecule has 90 valence electrons. The summed E-state index contributed by atoms with van der Waals surface area (Å²) < 4.78 is 1.96. The predicted molar refractivity (Wildman–Crippen MR) is 68.4 cm³/mol. The van der Waals surface area contributed by atoms with Gasteiger partial charge in [0, 0.05) is 7.05 Å². The Morgan fingerprint density at radius 2 is 2.31 bits per heavy atom. The third kappa shape index (κ3) is 3.49. The van der Waals surface area contributed by atoms with Gasteiger partial charge in [0.2, 0.25) is 0 Å². The van der Waals surface area contributed by atoms with Crippen LogP contribution in [-0.2, 0) is 7.05 Å². The normalized spacial score (nSPS) is 12.8. The van der Waals surface area contributed by atoms with Crippen molar-refractivity contribution in [3.63, 3.8) is 0 Å². The summed E-state index contributed by atoms with van der Waals surface area (Å²) in [6.45, 7) is 11.3. The fourth-order valence-electron chi connectivity index (χ4n) is 1.91. The molecule has 0 amide bonds. The maximum Gasteiger partial charge on any atom is 0.0597 e. The molecule has 0 aromatic carbocycles. The second kappa shape index (κ2) is 5.85. The molecule has 3 heteroatoms. The van der Waals surface area contributed by atoms with Crippen molar-refractivity contribution in [2.75, 3.05) is 6.54 Å². The Balaban J connectivity index is 2.82.